The summed E-state index contributed by atoms with van der Waals surface area (Å²) in [7, 11) is 0. The molecule has 4 heteroatoms. The smallest absolute Gasteiger partial charge is 0.223 e. The van der Waals surface area contributed by atoms with Crippen LogP contribution in [-0.2, 0) is 4.79 Å². The summed E-state index contributed by atoms with van der Waals surface area (Å²) in [6.07, 6.45) is 1.88. The second-order valence-corrected chi connectivity index (χ2v) is 3.16. The molecule has 0 aliphatic heterocycles. The number of imidazole rings is 1. The zero-order valence-corrected chi connectivity index (χ0v) is 8.11. The average Bonchev–Trinajstić information content (AvgIpc) is 2.44. The predicted octanol–water partition coefficient (Wildman–Crippen LogP) is 1.60. The highest BCUT2D eigenvalue weighted by Gasteiger charge is 2.07. The van der Waals surface area contributed by atoms with Gasteiger partial charge in [0.05, 0.1) is 11.2 Å². The molecule has 0 fully saturated rings. The Morgan fingerprint density at radius 3 is 3.00 bits per heavy atom. The molecule has 0 aromatic carbocycles. The molecule has 2 aromatic rings. The molecule has 14 heavy (non-hydrogen) atoms. The number of nitrogens with one attached hydrogen (secondary N) is 1. The zero-order valence-electron chi connectivity index (χ0n) is 8.11. The van der Waals surface area contributed by atoms with Crippen molar-refractivity contribution in [1.29, 1.82) is 0 Å². The second-order valence-electron chi connectivity index (χ2n) is 3.16. The summed E-state index contributed by atoms with van der Waals surface area (Å²) in [5, 5.41) is 2.68. The van der Waals surface area contributed by atoms with Crippen molar-refractivity contribution >= 4 is 17.4 Å². The van der Waals surface area contributed by atoms with Crippen molar-refractivity contribution in [3.63, 3.8) is 0 Å². The van der Waals surface area contributed by atoms with E-state index in [9.17, 15) is 4.79 Å². The zero-order chi connectivity index (χ0) is 10.1. The number of anilines is 1. The molecule has 0 radical (unpaired) electrons. The Hall–Kier alpha value is -1.84. The Balaban J connectivity index is 2.60. The van der Waals surface area contributed by atoms with Crippen molar-refractivity contribution in [2.24, 2.45) is 0 Å². The molecule has 2 rings (SSSR count). The maximum Gasteiger partial charge on any atom is 0.223 e. The first-order valence-corrected chi connectivity index (χ1v) is 4.40. The summed E-state index contributed by atoms with van der Waals surface area (Å²) in [5.41, 5.74) is 1.92. The van der Waals surface area contributed by atoms with Crippen molar-refractivity contribution in [3.05, 3.63) is 30.1 Å². The van der Waals surface area contributed by atoms with Crippen LogP contribution in [0.5, 0.6) is 0 Å². The number of hydrogen-bond acceptors (Lipinski definition) is 2. The summed E-state index contributed by atoms with van der Waals surface area (Å²) < 4.78 is 1.86. The average molecular weight is 189 g/mol. The summed E-state index contributed by atoms with van der Waals surface area (Å²) in [5.74, 6) is 0.464. The molecule has 1 N–H and O–H groups in total. The van der Waals surface area contributed by atoms with E-state index in [1.54, 1.807) is 0 Å². The van der Waals surface area contributed by atoms with Crippen LogP contribution in [0.1, 0.15) is 12.6 Å². The summed E-state index contributed by atoms with van der Waals surface area (Å²) in [6, 6.07) is 5.81. The van der Waals surface area contributed by atoms with Crippen LogP contribution < -0.4 is 5.32 Å². The van der Waals surface area contributed by atoms with Gasteiger partial charge in [0.25, 0.3) is 0 Å². The first-order valence-electron chi connectivity index (χ1n) is 4.40. The van der Waals surface area contributed by atoms with Gasteiger partial charge in [0, 0.05) is 13.1 Å². The predicted molar refractivity (Wildman–Crippen MR) is 54.2 cm³/mol. The van der Waals surface area contributed by atoms with Gasteiger partial charge >= 0.3 is 0 Å². The number of carbonyl (C=O) groups excluding carboxylic acids is 1. The minimum atomic E-state index is -0.110. The third-order valence-electron chi connectivity index (χ3n) is 2.02. The lowest BCUT2D eigenvalue weighted by molar-refractivity contribution is -0.114. The molecular formula is C10H11N3O. The highest BCUT2D eigenvalue weighted by Crippen LogP contribution is 2.15. The molecule has 0 atom stereocenters. The normalized spacial score (nSPS) is 10.4. The van der Waals surface area contributed by atoms with E-state index in [0.29, 0.717) is 5.95 Å². The third-order valence-corrected chi connectivity index (χ3v) is 2.02. The van der Waals surface area contributed by atoms with Crippen LogP contribution in [0.4, 0.5) is 5.95 Å². The van der Waals surface area contributed by atoms with Gasteiger partial charge in [-0.1, -0.05) is 6.07 Å². The van der Waals surface area contributed by atoms with E-state index >= 15 is 0 Å². The third kappa shape index (κ3) is 1.35. The molecule has 0 aliphatic carbocycles. The Morgan fingerprint density at radius 1 is 1.50 bits per heavy atom. The minimum absolute atomic E-state index is 0.110. The van der Waals surface area contributed by atoms with Gasteiger partial charge in [0.2, 0.25) is 11.9 Å². The number of amides is 1. The number of aromatic nitrogens is 2. The largest absolute Gasteiger partial charge is 0.296 e. The van der Waals surface area contributed by atoms with E-state index in [-0.39, 0.29) is 5.91 Å². The first kappa shape index (κ1) is 8.74. The number of carbonyl (C=O) groups is 1. The van der Waals surface area contributed by atoms with Crippen molar-refractivity contribution < 1.29 is 4.79 Å². The molecule has 0 saturated heterocycles. The van der Waals surface area contributed by atoms with E-state index in [1.807, 2.05) is 35.7 Å². The second kappa shape index (κ2) is 3.14. The molecular weight excluding hydrogens is 178 g/mol. The quantitative estimate of drug-likeness (QED) is 0.740. The van der Waals surface area contributed by atoms with Crippen molar-refractivity contribution in [2.75, 3.05) is 5.32 Å². The molecule has 2 heterocycles. The van der Waals surface area contributed by atoms with E-state index in [1.165, 1.54) is 6.92 Å². The van der Waals surface area contributed by atoms with Gasteiger partial charge in [-0.25, -0.2) is 4.98 Å². The van der Waals surface area contributed by atoms with Gasteiger partial charge in [-0.2, -0.15) is 0 Å². The molecule has 72 valence electrons. The summed E-state index contributed by atoms with van der Waals surface area (Å²) in [6.45, 7) is 3.39. The fourth-order valence-electron chi connectivity index (χ4n) is 1.44. The first-order chi connectivity index (χ1) is 6.68. The lowest BCUT2D eigenvalue weighted by atomic mass is 10.3. The Bertz CT molecular complexity index is 487. The summed E-state index contributed by atoms with van der Waals surface area (Å²) in [4.78, 5) is 15.2. The molecule has 0 saturated carbocycles. The Kier molecular flexibility index (Phi) is 1.96. The molecule has 4 nitrogen and oxygen atoms in total. The van der Waals surface area contributed by atoms with E-state index in [0.717, 1.165) is 11.2 Å². The van der Waals surface area contributed by atoms with Crippen molar-refractivity contribution in [3.8, 4) is 0 Å². The molecule has 2 aromatic heterocycles. The molecule has 0 bridgehead atoms. The molecule has 0 aliphatic rings. The Morgan fingerprint density at radius 2 is 2.29 bits per heavy atom. The molecule has 0 spiro atoms. The van der Waals surface area contributed by atoms with Crippen molar-refractivity contribution in [1.82, 2.24) is 9.38 Å². The highest BCUT2D eigenvalue weighted by atomic mass is 16.1. The SMILES string of the molecule is CC(=O)Nc1nc(C)c2ccccn12. The van der Waals surface area contributed by atoms with Gasteiger partial charge in [-0.05, 0) is 19.1 Å². The van der Waals surface area contributed by atoms with Crippen LogP contribution in [-0.4, -0.2) is 15.3 Å². The van der Waals surface area contributed by atoms with Crippen LogP contribution in [0.15, 0.2) is 24.4 Å². The van der Waals surface area contributed by atoms with Gasteiger partial charge in [-0.3, -0.25) is 14.5 Å². The number of rotatable bonds is 1. The maximum absolute atomic E-state index is 10.9. The minimum Gasteiger partial charge on any atom is -0.296 e. The number of pyridine rings is 1. The van der Waals surface area contributed by atoms with Crippen molar-refractivity contribution in [2.45, 2.75) is 13.8 Å². The molecule has 0 unspecified atom stereocenters. The van der Waals surface area contributed by atoms with Crippen LogP contribution >= 0.6 is 0 Å². The lowest BCUT2D eigenvalue weighted by Crippen LogP contribution is -2.08. The number of hydrogen-bond donors (Lipinski definition) is 1. The fourth-order valence-corrected chi connectivity index (χ4v) is 1.44. The molecule has 1 amide bonds. The standard InChI is InChI=1S/C10H11N3O/c1-7-9-5-3-4-6-13(9)10(11-7)12-8(2)14/h3-6H,1-2H3,(H,11,12,14). The number of aryl methyl sites for hydroxylation is 1. The van der Waals surface area contributed by atoms with E-state index in [4.69, 9.17) is 0 Å². The maximum atomic E-state index is 10.9. The topological polar surface area (TPSA) is 46.4 Å². The monoisotopic (exact) mass is 189 g/mol. The van der Waals surface area contributed by atoms with Crippen LogP contribution in [0.3, 0.4) is 0 Å². The van der Waals surface area contributed by atoms with Crippen LogP contribution in [0, 0.1) is 6.92 Å². The van der Waals surface area contributed by atoms with Gasteiger partial charge in [0.1, 0.15) is 0 Å². The van der Waals surface area contributed by atoms with Gasteiger partial charge in [-0.15, -0.1) is 0 Å². The van der Waals surface area contributed by atoms with Gasteiger partial charge in [0.15, 0.2) is 0 Å². The Labute approximate surface area is 81.6 Å². The highest BCUT2D eigenvalue weighted by molar-refractivity contribution is 5.87. The van der Waals surface area contributed by atoms with Crippen LogP contribution in [0.25, 0.3) is 5.52 Å². The lowest BCUT2D eigenvalue weighted by Gasteiger charge is -1.99. The van der Waals surface area contributed by atoms with E-state index in [2.05, 4.69) is 10.3 Å². The summed E-state index contributed by atoms with van der Waals surface area (Å²) >= 11 is 0. The van der Waals surface area contributed by atoms with Gasteiger partial charge < -0.3 is 0 Å². The van der Waals surface area contributed by atoms with Crippen LogP contribution in [0.2, 0.25) is 0 Å². The number of fused-ring (bicyclic) bond motifs is 1. The number of nitrogens with zero attached hydrogens (tertiary/aromatic N) is 2. The van der Waals surface area contributed by atoms with E-state index < -0.39 is 0 Å². The fraction of sp³-hybridized carbons (Fsp3) is 0.200.